The van der Waals surface area contributed by atoms with Gasteiger partial charge in [0, 0.05) is 9.86 Å². The van der Waals surface area contributed by atoms with E-state index in [0.29, 0.717) is 30.3 Å². The van der Waals surface area contributed by atoms with Gasteiger partial charge in [0.15, 0.2) is 17.3 Å². The standard InChI is InChI=1S/C26H23BrN2O5/c1-3-32-21-9-11-22-19(13-21)14-25(34-22)26(30)29-28-15-18-6-10-23(24(12-18)31-2)33-16-17-4-7-20(27)8-5-17/h4-15H,3,16H2,1-2H3,(H,29,30)/b28-15+. The van der Waals surface area contributed by atoms with E-state index in [1.165, 1.54) is 6.21 Å². The predicted octanol–water partition coefficient (Wildman–Crippen LogP) is 5.95. The van der Waals surface area contributed by atoms with Crippen LogP contribution in [0.25, 0.3) is 11.0 Å². The van der Waals surface area contributed by atoms with E-state index in [9.17, 15) is 4.79 Å². The number of hydrogen-bond donors (Lipinski definition) is 1. The molecule has 1 amide bonds. The smallest absolute Gasteiger partial charge is 0.307 e. The van der Waals surface area contributed by atoms with Crippen LogP contribution in [0.5, 0.6) is 17.2 Å². The molecular weight excluding hydrogens is 500 g/mol. The molecule has 0 bridgehead atoms. The number of amides is 1. The number of carbonyl (C=O) groups is 1. The molecule has 7 nitrogen and oxygen atoms in total. The van der Waals surface area contributed by atoms with Gasteiger partial charge >= 0.3 is 5.91 Å². The van der Waals surface area contributed by atoms with Gasteiger partial charge in [-0.1, -0.05) is 28.1 Å². The SMILES string of the molecule is CCOc1ccc2oc(C(=O)N/N=C/c3ccc(OCc4ccc(Br)cc4)c(OC)c3)cc2c1. The number of methoxy groups -OCH3 is 1. The van der Waals surface area contributed by atoms with Crippen molar-refractivity contribution in [1.82, 2.24) is 5.43 Å². The summed E-state index contributed by atoms with van der Waals surface area (Å²) in [5, 5.41) is 4.81. The van der Waals surface area contributed by atoms with Crippen LogP contribution in [0.4, 0.5) is 0 Å². The maximum atomic E-state index is 12.4. The van der Waals surface area contributed by atoms with Crippen LogP contribution < -0.4 is 19.6 Å². The topological polar surface area (TPSA) is 82.3 Å². The van der Waals surface area contributed by atoms with Crippen LogP contribution in [0, 0.1) is 0 Å². The van der Waals surface area contributed by atoms with Gasteiger partial charge in [-0.15, -0.1) is 0 Å². The average molecular weight is 523 g/mol. The highest BCUT2D eigenvalue weighted by Crippen LogP contribution is 2.29. The van der Waals surface area contributed by atoms with E-state index in [0.717, 1.165) is 26.7 Å². The van der Waals surface area contributed by atoms with Gasteiger partial charge in [-0.3, -0.25) is 4.79 Å². The van der Waals surface area contributed by atoms with E-state index < -0.39 is 5.91 Å². The summed E-state index contributed by atoms with van der Waals surface area (Å²) in [7, 11) is 1.57. The number of ether oxygens (including phenoxy) is 3. The second-order valence-electron chi connectivity index (χ2n) is 7.27. The fourth-order valence-electron chi connectivity index (χ4n) is 3.24. The minimum atomic E-state index is -0.452. The zero-order valence-corrected chi connectivity index (χ0v) is 20.3. The lowest BCUT2D eigenvalue weighted by atomic mass is 10.2. The molecule has 0 saturated heterocycles. The summed E-state index contributed by atoms with van der Waals surface area (Å²) in [5.41, 5.74) is 4.85. The summed E-state index contributed by atoms with van der Waals surface area (Å²) < 4.78 is 23.4. The third-order valence-corrected chi connectivity index (χ3v) is 5.43. The number of rotatable bonds is 9. The Morgan fingerprint density at radius 1 is 1.03 bits per heavy atom. The molecule has 174 valence electrons. The zero-order chi connectivity index (χ0) is 23.9. The summed E-state index contributed by atoms with van der Waals surface area (Å²) in [6.45, 7) is 2.89. The van der Waals surface area contributed by atoms with Gasteiger partial charge < -0.3 is 18.6 Å². The Morgan fingerprint density at radius 3 is 2.62 bits per heavy atom. The van der Waals surface area contributed by atoms with Gasteiger partial charge in [-0.2, -0.15) is 5.10 Å². The lowest BCUT2D eigenvalue weighted by molar-refractivity contribution is 0.0929. The van der Waals surface area contributed by atoms with Crippen molar-refractivity contribution >= 4 is 39.0 Å². The first kappa shape index (κ1) is 23.4. The van der Waals surface area contributed by atoms with Gasteiger partial charge in [0.1, 0.15) is 17.9 Å². The van der Waals surface area contributed by atoms with Crippen LogP contribution in [0.1, 0.15) is 28.6 Å². The molecule has 0 radical (unpaired) electrons. The molecule has 0 aliphatic carbocycles. The number of hydrazone groups is 1. The van der Waals surface area contributed by atoms with Gasteiger partial charge in [0.25, 0.3) is 0 Å². The molecule has 0 atom stereocenters. The second-order valence-corrected chi connectivity index (χ2v) is 8.18. The fraction of sp³-hybridized carbons (Fsp3) is 0.154. The molecule has 1 N–H and O–H groups in total. The number of hydrogen-bond acceptors (Lipinski definition) is 6. The minimum absolute atomic E-state index is 0.162. The first-order chi connectivity index (χ1) is 16.6. The third kappa shape index (κ3) is 5.77. The highest BCUT2D eigenvalue weighted by atomic mass is 79.9. The van der Waals surface area contributed by atoms with Gasteiger partial charge in [0.05, 0.1) is 19.9 Å². The molecule has 1 aromatic heterocycles. The molecule has 8 heteroatoms. The van der Waals surface area contributed by atoms with E-state index in [-0.39, 0.29) is 5.76 Å². The molecule has 3 aromatic carbocycles. The van der Waals surface area contributed by atoms with Crippen molar-refractivity contribution in [2.75, 3.05) is 13.7 Å². The maximum absolute atomic E-state index is 12.4. The Labute approximate surface area is 205 Å². The third-order valence-electron chi connectivity index (χ3n) is 4.90. The molecule has 0 aliphatic rings. The molecule has 0 unspecified atom stereocenters. The van der Waals surface area contributed by atoms with Crippen LogP contribution >= 0.6 is 15.9 Å². The molecule has 1 heterocycles. The molecule has 0 fully saturated rings. The zero-order valence-electron chi connectivity index (χ0n) is 18.7. The maximum Gasteiger partial charge on any atom is 0.307 e. The molecular formula is C26H23BrN2O5. The highest BCUT2D eigenvalue weighted by molar-refractivity contribution is 9.10. The van der Waals surface area contributed by atoms with Crippen molar-refractivity contribution in [1.29, 1.82) is 0 Å². The van der Waals surface area contributed by atoms with Crippen molar-refractivity contribution in [3.8, 4) is 17.2 Å². The van der Waals surface area contributed by atoms with Crippen LogP contribution in [0.2, 0.25) is 0 Å². The summed E-state index contributed by atoms with van der Waals surface area (Å²) in [6, 6.07) is 20.4. The first-order valence-electron chi connectivity index (χ1n) is 10.6. The van der Waals surface area contributed by atoms with E-state index in [4.69, 9.17) is 18.6 Å². The van der Waals surface area contributed by atoms with Crippen molar-refractivity contribution in [2.45, 2.75) is 13.5 Å². The van der Waals surface area contributed by atoms with Crippen LogP contribution in [0.15, 0.2) is 80.7 Å². The number of nitrogens with zero attached hydrogens (tertiary/aromatic N) is 1. The highest BCUT2D eigenvalue weighted by Gasteiger charge is 2.12. The van der Waals surface area contributed by atoms with Gasteiger partial charge in [-0.05, 0) is 72.6 Å². The van der Waals surface area contributed by atoms with Gasteiger partial charge in [0.2, 0.25) is 0 Å². The van der Waals surface area contributed by atoms with Crippen molar-refractivity contribution in [3.05, 3.63) is 88.1 Å². The number of carbonyl (C=O) groups excluding carboxylic acids is 1. The molecule has 4 rings (SSSR count). The van der Waals surface area contributed by atoms with E-state index in [2.05, 4.69) is 26.5 Å². The Hall–Kier alpha value is -3.78. The first-order valence-corrected chi connectivity index (χ1v) is 11.4. The molecule has 4 aromatic rings. The minimum Gasteiger partial charge on any atom is -0.494 e. The normalized spacial score (nSPS) is 11.0. The summed E-state index contributed by atoms with van der Waals surface area (Å²) in [6.07, 6.45) is 1.52. The molecule has 0 aliphatic heterocycles. The summed E-state index contributed by atoms with van der Waals surface area (Å²) >= 11 is 3.42. The summed E-state index contributed by atoms with van der Waals surface area (Å²) in [4.78, 5) is 12.4. The second kappa shape index (κ2) is 10.9. The van der Waals surface area contributed by atoms with Crippen molar-refractivity contribution < 1.29 is 23.4 Å². The monoisotopic (exact) mass is 522 g/mol. The van der Waals surface area contributed by atoms with E-state index >= 15 is 0 Å². The lowest BCUT2D eigenvalue weighted by Gasteiger charge is -2.11. The lowest BCUT2D eigenvalue weighted by Crippen LogP contribution is -2.16. The molecule has 0 saturated carbocycles. The number of benzene rings is 3. The Balaban J connectivity index is 1.38. The van der Waals surface area contributed by atoms with E-state index in [1.54, 1.807) is 37.4 Å². The largest absolute Gasteiger partial charge is 0.494 e. The Kier molecular flexibility index (Phi) is 7.49. The van der Waals surface area contributed by atoms with Crippen LogP contribution in [-0.4, -0.2) is 25.8 Å². The number of halogens is 1. The van der Waals surface area contributed by atoms with E-state index in [1.807, 2.05) is 43.3 Å². The number of fused-ring (bicyclic) bond motifs is 1. The average Bonchev–Trinajstić information content (AvgIpc) is 3.28. The Morgan fingerprint density at radius 2 is 1.85 bits per heavy atom. The quantitative estimate of drug-likeness (QED) is 0.217. The van der Waals surface area contributed by atoms with Crippen molar-refractivity contribution in [2.24, 2.45) is 5.10 Å². The Bertz CT molecular complexity index is 1310. The number of furan rings is 1. The van der Waals surface area contributed by atoms with Crippen LogP contribution in [0.3, 0.4) is 0 Å². The van der Waals surface area contributed by atoms with Gasteiger partial charge in [-0.25, -0.2) is 5.43 Å². The summed E-state index contributed by atoms with van der Waals surface area (Å²) in [5.74, 6) is 1.61. The molecule has 0 spiro atoms. The predicted molar refractivity (Wildman–Crippen MR) is 134 cm³/mol. The number of nitrogens with one attached hydrogen (secondary N) is 1. The van der Waals surface area contributed by atoms with Crippen LogP contribution in [-0.2, 0) is 6.61 Å². The molecule has 34 heavy (non-hydrogen) atoms. The fourth-order valence-corrected chi connectivity index (χ4v) is 3.50. The van der Waals surface area contributed by atoms with Crippen molar-refractivity contribution in [3.63, 3.8) is 0 Å².